The van der Waals surface area contributed by atoms with E-state index in [1.54, 1.807) is 6.20 Å². The Morgan fingerprint density at radius 2 is 1.97 bits per heavy atom. The zero-order valence-electron chi connectivity index (χ0n) is 22.4. The summed E-state index contributed by atoms with van der Waals surface area (Å²) in [5.74, 6) is 0.910. The Morgan fingerprint density at radius 1 is 1.08 bits per heavy atom. The number of aromatic nitrogens is 2. The number of aromatic amines is 1. The van der Waals surface area contributed by atoms with Crippen LogP contribution in [0.25, 0.3) is 11.1 Å². The van der Waals surface area contributed by atoms with Crippen LogP contribution in [0.1, 0.15) is 18.9 Å². The van der Waals surface area contributed by atoms with Gasteiger partial charge < -0.3 is 15.1 Å². The van der Waals surface area contributed by atoms with Gasteiger partial charge in [-0.1, -0.05) is 85.9 Å². The van der Waals surface area contributed by atoms with Gasteiger partial charge in [-0.15, -0.1) is 0 Å². The predicted molar refractivity (Wildman–Crippen MR) is 158 cm³/mol. The van der Waals surface area contributed by atoms with E-state index in [0.29, 0.717) is 13.1 Å². The summed E-state index contributed by atoms with van der Waals surface area (Å²) in [6.45, 7) is 6.04. The van der Waals surface area contributed by atoms with Crippen LogP contribution in [0.2, 0.25) is 0 Å². The fourth-order valence-corrected chi connectivity index (χ4v) is 5.96. The summed E-state index contributed by atoms with van der Waals surface area (Å²) in [7, 11) is 0. The quantitative estimate of drug-likeness (QED) is 0.379. The molecule has 0 fully saturated rings. The SMILES string of the molecule is CC12C=CC=CC1=CC=CC2C(=O)N1CCN(CCCNc2ccn[nH]2)c2ccc(-c3ccccc3)cc2C1. The van der Waals surface area contributed by atoms with E-state index in [1.165, 1.54) is 28.0 Å². The van der Waals surface area contributed by atoms with E-state index in [9.17, 15) is 4.79 Å². The minimum atomic E-state index is -0.320. The molecule has 0 saturated carbocycles. The minimum Gasteiger partial charge on any atom is -0.370 e. The van der Waals surface area contributed by atoms with Gasteiger partial charge in [0.25, 0.3) is 0 Å². The molecule has 1 aliphatic heterocycles. The van der Waals surface area contributed by atoms with E-state index < -0.39 is 0 Å². The molecule has 2 unspecified atom stereocenters. The molecule has 6 heteroatoms. The molecule has 2 atom stereocenters. The topological polar surface area (TPSA) is 64.3 Å². The minimum absolute atomic E-state index is 0.193. The van der Waals surface area contributed by atoms with Crippen molar-refractivity contribution in [3.63, 3.8) is 0 Å². The first kappa shape index (κ1) is 25.0. The Labute approximate surface area is 230 Å². The molecule has 1 amide bonds. The number of benzene rings is 2. The van der Waals surface area contributed by atoms with E-state index in [-0.39, 0.29) is 17.2 Å². The van der Waals surface area contributed by atoms with Gasteiger partial charge in [-0.2, -0.15) is 5.10 Å². The Hall–Kier alpha value is -4.32. The molecule has 0 bridgehead atoms. The van der Waals surface area contributed by atoms with E-state index in [4.69, 9.17) is 0 Å². The second-order valence-electron chi connectivity index (χ2n) is 10.7. The lowest BCUT2D eigenvalue weighted by Crippen LogP contribution is -2.44. The molecule has 2 N–H and O–H groups in total. The molecule has 6 nitrogen and oxygen atoms in total. The first-order valence-corrected chi connectivity index (χ1v) is 13.8. The van der Waals surface area contributed by atoms with Crippen molar-refractivity contribution in [2.24, 2.45) is 11.3 Å². The summed E-state index contributed by atoms with van der Waals surface area (Å²) < 4.78 is 0. The third kappa shape index (κ3) is 5.07. The van der Waals surface area contributed by atoms with Crippen molar-refractivity contribution in [1.82, 2.24) is 15.1 Å². The van der Waals surface area contributed by atoms with Gasteiger partial charge in [-0.3, -0.25) is 9.89 Å². The van der Waals surface area contributed by atoms with Gasteiger partial charge in [0.2, 0.25) is 5.91 Å². The zero-order valence-corrected chi connectivity index (χ0v) is 22.4. The van der Waals surface area contributed by atoms with E-state index >= 15 is 0 Å². The van der Waals surface area contributed by atoms with Gasteiger partial charge in [-0.25, -0.2) is 0 Å². The number of rotatable bonds is 7. The maximum absolute atomic E-state index is 14.2. The predicted octanol–water partition coefficient (Wildman–Crippen LogP) is 5.97. The molecule has 2 aliphatic carbocycles. The molecule has 39 heavy (non-hydrogen) atoms. The molecule has 0 spiro atoms. The summed E-state index contributed by atoms with van der Waals surface area (Å²) in [5, 5.41) is 10.4. The molecule has 3 aliphatic rings. The van der Waals surface area contributed by atoms with Gasteiger partial charge in [0.15, 0.2) is 0 Å². The second-order valence-corrected chi connectivity index (χ2v) is 10.7. The summed E-state index contributed by atoms with van der Waals surface area (Å²) in [4.78, 5) is 18.7. The van der Waals surface area contributed by atoms with Gasteiger partial charge in [0, 0.05) is 43.8 Å². The van der Waals surface area contributed by atoms with E-state index in [0.717, 1.165) is 31.9 Å². The molecule has 2 heterocycles. The highest BCUT2D eigenvalue weighted by Crippen LogP contribution is 2.44. The van der Waals surface area contributed by atoms with Crippen LogP contribution in [-0.2, 0) is 11.3 Å². The highest BCUT2D eigenvalue weighted by Gasteiger charge is 2.42. The lowest BCUT2D eigenvalue weighted by Gasteiger charge is -2.39. The monoisotopic (exact) mass is 517 g/mol. The van der Waals surface area contributed by atoms with Crippen molar-refractivity contribution in [3.05, 3.63) is 114 Å². The average molecular weight is 518 g/mol. The fraction of sp³-hybridized carbons (Fsp3) is 0.273. The van der Waals surface area contributed by atoms with Crippen LogP contribution in [0.15, 0.2) is 109 Å². The number of amides is 1. The average Bonchev–Trinajstić information content (AvgIpc) is 3.42. The standard InChI is InChI=1S/C33H35N5O/c1-33-17-6-5-11-28(33)12-7-13-29(33)32(39)38-22-21-37(20-8-18-34-31-16-19-35-36-31)30-15-14-26(23-27(30)24-38)25-9-3-2-4-10-25/h2-7,9-17,19,23,29H,8,18,20-22,24H2,1H3,(H2,34,35,36). The molecule has 2 aromatic carbocycles. The van der Waals surface area contributed by atoms with Crippen molar-refractivity contribution in [2.45, 2.75) is 19.9 Å². The molecule has 1 aromatic heterocycles. The van der Waals surface area contributed by atoms with E-state index in [2.05, 4.69) is 111 Å². The lowest BCUT2D eigenvalue weighted by atomic mass is 9.66. The number of anilines is 2. The number of fused-ring (bicyclic) bond motifs is 2. The summed E-state index contributed by atoms with van der Waals surface area (Å²) in [5.41, 5.74) is 5.66. The molecular formula is C33H35N5O. The van der Waals surface area contributed by atoms with Gasteiger partial charge in [0.05, 0.1) is 12.1 Å². The van der Waals surface area contributed by atoms with Crippen LogP contribution < -0.4 is 10.2 Å². The maximum atomic E-state index is 14.2. The molecule has 0 saturated heterocycles. The molecular weight excluding hydrogens is 482 g/mol. The first-order valence-electron chi connectivity index (χ1n) is 13.8. The number of H-pyrrole nitrogens is 1. The summed E-state index contributed by atoms with van der Waals surface area (Å²) in [6, 6.07) is 19.1. The molecule has 0 radical (unpaired) electrons. The van der Waals surface area contributed by atoms with Gasteiger partial charge >= 0.3 is 0 Å². The van der Waals surface area contributed by atoms with Crippen molar-refractivity contribution in [2.75, 3.05) is 36.4 Å². The van der Waals surface area contributed by atoms with Crippen LogP contribution in [0.5, 0.6) is 0 Å². The molecule has 198 valence electrons. The van der Waals surface area contributed by atoms with Crippen molar-refractivity contribution in [1.29, 1.82) is 0 Å². The number of nitrogens with one attached hydrogen (secondary N) is 2. The summed E-state index contributed by atoms with van der Waals surface area (Å²) >= 11 is 0. The molecule has 6 rings (SSSR count). The largest absolute Gasteiger partial charge is 0.370 e. The zero-order chi connectivity index (χ0) is 26.7. The Balaban J connectivity index is 1.26. The third-order valence-electron chi connectivity index (χ3n) is 8.20. The lowest BCUT2D eigenvalue weighted by molar-refractivity contribution is -0.136. The smallest absolute Gasteiger partial charge is 0.231 e. The maximum Gasteiger partial charge on any atom is 0.231 e. The highest BCUT2D eigenvalue weighted by atomic mass is 16.2. The molecule has 3 aromatic rings. The van der Waals surface area contributed by atoms with Crippen molar-refractivity contribution >= 4 is 17.4 Å². The van der Waals surface area contributed by atoms with Crippen LogP contribution >= 0.6 is 0 Å². The van der Waals surface area contributed by atoms with Gasteiger partial charge in [0.1, 0.15) is 5.82 Å². The summed E-state index contributed by atoms with van der Waals surface area (Å²) in [6.07, 6.45) is 17.4. The van der Waals surface area contributed by atoms with E-state index in [1.807, 2.05) is 18.2 Å². The van der Waals surface area contributed by atoms with Crippen LogP contribution in [-0.4, -0.2) is 47.2 Å². The third-order valence-corrected chi connectivity index (χ3v) is 8.20. The van der Waals surface area contributed by atoms with Crippen LogP contribution in [0.4, 0.5) is 11.5 Å². The van der Waals surface area contributed by atoms with Crippen LogP contribution in [0, 0.1) is 11.3 Å². The first-order chi connectivity index (χ1) is 19.1. The Bertz CT molecular complexity index is 1440. The number of hydrogen-bond acceptors (Lipinski definition) is 4. The number of carbonyl (C=O) groups is 1. The highest BCUT2D eigenvalue weighted by molar-refractivity contribution is 5.84. The van der Waals surface area contributed by atoms with Gasteiger partial charge in [-0.05, 0) is 46.9 Å². The number of allylic oxidation sites excluding steroid dienone is 7. The fourth-order valence-electron chi connectivity index (χ4n) is 5.96. The number of nitrogens with zero attached hydrogens (tertiary/aromatic N) is 3. The number of hydrogen-bond donors (Lipinski definition) is 2. The normalized spacial score (nSPS) is 21.7. The Kier molecular flexibility index (Phi) is 6.93. The van der Waals surface area contributed by atoms with Crippen LogP contribution in [0.3, 0.4) is 0 Å². The Morgan fingerprint density at radius 3 is 2.82 bits per heavy atom. The van der Waals surface area contributed by atoms with Crippen molar-refractivity contribution in [3.8, 4) is 11.1 Å². The second kappa shape index (κ2) is 10.8. The van der Waals surface area contributed by atoms with Crippen molar-refractivity contribution < 1.29 is 4.79 Å². The number of carbonyl (C=O) groups excluding carboxylic acids is 1.